The summed E-state index contributed by atoms with van der Waals surface area (Å²) in [5.41, 5.74) is -0.182. The number of hydrogen-bond donors (Lipinski definition) is 4. The molecule has 0 saturated heterocycles. The standard InChI is InChI=1S/C17H21NO4.C16H21N3O6/c1-3-4-5-6-7-11(2)18-15(19)13-9-8-12(17(21)22)10-14(13)16(18)20;1-17-14(21)12-7-11(16(23)24)10(8-13(12)25-9-20)15(22)18-5-4-6-19(2)3/h8-11H,3-7H2,1-2H3,(H,21,22);7-9H,4-6H2,1-3H3,(H,17,21)(H,18,22)(H,23,24). The van der Waals surface area contributed by atoms with Crippen LogP contribution in [0.15, 0.2) is 30.3 Å². The van der Waals surface area contributed by atoms with Crippen LogP contribution in [-0.4, -0.2) is 102 Å². The van der Waals surface area contributed by atoms with Crippen molar-refractivity contribution in [1.82, 2.24) is 20.4 Å². The van der Waals surface area contributed by atoms with Gasteiger partial charge in [-0.1, -0.05) is 32.6 Å². The number of carbonyl (C=O) groups is 7. The molecule has 14 heteroatoms. The van der Waals surface area contributed by atoms with E-state index in [4.69, 9.17) is 9.84 Å². The van der Waals surface area contributed by atoms with Crippen LogP contribution in [0.5, 0.6) is 5.75 Å². The smallest absolute Gasteiger partial charge is 0.336 e. The molecule has 0 saturated carbocycles. The number of benzene rings is 2. The Balaban J connectivity index is 0.000000329. The number of nitrogens with one attached hydrogen (secondary N) is 2. The number of carboxylic acids is 2. The van der Waals surface area contributed by atoms with Gasteiger partial charge < -0.3 is 30.5 Å². The number of ether oxygens (including phenoxy) is 1. The molecule has 3 rings (SSSR count). The minimum Gasteiger partial charge on any atom is -0.478 e. The second-order valence-corrected chi connectivity index (χ2v) is 11.1. The lowest BCUT2D eigenvalue weighted by molar-refractivity contribution is -0.120. The molecule has 254 valence electrons. The molecule has 0 aliphatic carbocycles. The van der Waals surface area contributed by atoms with Gasteiger partial charge in [0.15, 0.2) is 0 Å². The normalized spacial score (nSPS) is 12.5. The molecule has 2 aromatic rings. The summed E-state index contributed by atoms with van der Waals surface area (Å²) in [6.45, 7) is 5.19. The molecule has 0 spiro atoms. The molecule has 1 aliphatic heterocycles. The summed E-state index contributed by atoms with van der Waals surface area (Å²) in [5.74, 6) is -4.65. The summed E-state index contributed by atoms with van der Waals surface area (Å²) in [6, 6.07) is 6.00. The Hall–Kier alpha value is -5.11. The van der Waals surface area contributed by atoms with E-state index in [1.807, 2.05) is 25.9 Å². The molecule has 1 heterocycles. The van der Waals surface area contributed by atoms with Crippen molar-refractivity contribution < 1.29 is 48.5 Å². The minimum atomic E-state index is -1.37. The molecule has 14 nitrogen and oxygen atoms in total. The lowest BCUT2D eigenvalue weighted by atomic mass is 10.0. The van der Waals surface area contributed by atoms with Crippen LogP contribution < -0.4 is 15.4 Å². The number of fused-ring (bicyclic) bond motifs is 1. The van der Waals surface area contributed by atoms with Gasteiger partial charge in [0.1, 0.15) is 5.75 Å². The predicted molar refractivity (Wildman–Crippen MR) is 171 cm³/mol. The zero-order valence-electron chi connectivity index (χ0n) is 27.3. The van der Waals surface area contributed by atoms with Gasteiger partial charge >= 0.3 is 11.9 Å². The maximum atomic E-state index is 12.4. The third-order valence-corrected chi connectivity index (χ3v) is 7.39. The first-order chi connectivity index (χ1) is 22.3. The van der Waals surface area contributed by atoms with E-state index in [-0.39, 0.29) is 57.9 Å². The van der Waals surface area contributed by atoms with E-state index in [1.165, 1.54) is 30.1 Å². The quantitative estimate of drug-likeness (QED) is 0.118. The average molecular weight is 655 g/mol. The van der Waals surface area contributed by atoms with Crippen molar-refractivity contribution in [1.29, 1.82) is 0 Å². The van der Waals surface area contributed by atoms with Crippen molar-refractivity contribution in [3.8, 4) is 5.75 Å². The van der Waals surface area contributed by atoms with E-state index in [1.54, 1.807) is 0 Å². The molecule has 47 heavy (non-hydrogen) atoms. The molecule has 0 fully saturated rings. The molecule has 1 atom stereocenters. The second kappa shape index (κ2) is 18.1. The highest BCUT2D eigenvalue weighted by Gasteiger charge is 2.38. The summed E-state index contributed by atoms with van der Waals surface area (Å²) in [7, 11) is 5.13. The molecule has 0 radical (unpaired) electrons. The first kappa shape index (κ1) is 38.1. The SMILES string of the molecule is CCCCCCC(C)N1C(=O)c2ccc(C(=O)O)cc2C1=O.CNC(=O)c1cc(C(=O)O)c(C(=O)NCCCN(C)C)cc1OC=O. The van der Waals surface area contributed by atoms with Crippen LogP contribution in [-0.2, 0) is 4.79 Å². The summed E-state index contributed by atoms with van der Waals surface area (Å²) in [5, 5.41) is 23.3. The van der Waals surface area contributed by atoms with Crippen molar-refractivity contribution in [3.63, 3.8) is 0 Å². The number of unbranched alkanes of at least 4 members (excludes halogenated alkanes) is 3. The van der Waals surface area contributed by atoms with Gasteiger partial charge in [0, 0.05) is 19.6 Å². The van der Waals surface area contributed by atoms with Gasteiger partial charge in [-0.2, -0.15) is 0 Å². The fourth-order valence-corrected chi connectivity index (χ4v) is 4.89. The molecule has 4 amide bonds. The maximum Gasteiger partial charge on any atom is 0.336 e. The molecule has 1 unspecified atom stereocenters. The average Bonchev–Trinajstić information content (AvgIpc) is 3.29. The van der Waals surface area contributed by atoms with Crippen molar-refractivity contribution in [3.05, 3.63) is 63.7 Å². The van der Waals surface area contributed by atoms with Crippen molar-refractivity contribution in [2.75, 3.05) is 34.2 Å². The molecular weight excluding hydrogens is 612 g/mol. The number of carbonyl (C=O) groups excluding carboxylic acids is 5. The third kappa shape index (κ3) is 10.2. The monoisotopic (exact) mass is 654 g/mol. The van der Waals surface area contributed by atoms with E-state index in [0.717, 1.165) is 50.8 Å². The predicted octanol–water partition coefficient (Wildman–Crippen LogP) is 3.30. The van der Waals surface area contributed by atoms with E-state index in [0.29, 0.717) is 18.5 Å². The molecule has 0 aromatic heterocycles. The van der Waals surface area contributed by atoms with E-state index >= 15 is 0 Å². The Kier molecular flexibility index (Phi) is 14.7. The first-order valence-corrected chi connectivity index (χ1v) is 15.2. The van der Waals surface area contributed by atoms with Crippen LogP contribution in [0.4, 0.5) is 0 Å². The number of nitrogens with zero attached hydrogens (tertiary/aromatic N) is 2. The summed E-state index contributed by atoms with van der Waals surface area (Å²) < 4.78 is 4.72. The largest absolute Gasteiger partial charge is 0.478 e. The van der Waals surface area contributed by atoms with Gasteiger partial charge in [0.25, 0.3) is 30.1 Å². The summed E-state index contributed by atoms with van der Waals surface area (Å²) >= 11 is 0. The van der Waals surface area contributed by atoms with Crippen LogP contribution in [0.2, 0.25) is 0 Å². The van der Waals surface area contributed by atoms with Crippen LogP contribution in [0, 0.1) is 0 Å². The van der Waals surface area contributed by atoms with Crippen LogP contribution in [0.25, 0.3) is 0 Å². The van der Waals surface area contributed by atoms with Crippen molar-refractivity contribution >= 4 is 42.0 Å². The fourth-order valence-electron chi connectivity index (χ4n) is 4.89. The van der Waals surface area contributed by atoms with Gasteiger partial charge in [0.05, 0.1) is 33.4 Å². The third-order valence-electron chi connectivity index (χ3n) is 7.39. The van der Waals surface area contributed by atoms with Crippen LogP contribution in [0.1, 0.15) is 115 Å². The van der Waals surface area contributed by atoms with Gasteiger partial charge in [0.2, 0.25) is 0 Å². The Bertz CT molecular complexity index is 1500. The topological polar surface area (TPSA) is 200 Å². The Morgan fingerprint density at radius 1 is 0.894 bits per heavy atom. The van der Waals surface area contributed by atoms with Gasteiger partial charge in [-0.15, -0.1) is 0 Å². The highest BCUT2D eigenvalue weighted by atomic mass is 16.5. The number of rotatable bonds is 16. The van der Waals surface area contributed by atoms with Gasteiger partial charge in [-0.05, 0) is 70.7 Å². The number of imide groups is 1. The number of aromatic carboxylic acids is 2. The van der Waals surface area contributed by atoms with E-state index in [2.05, 4.69) is 17.6 Å². The van der Waals surface area contributed by atoms with Crippen LogP contribution >= 0.6 is 0 Å². The van der Waals surface area contributed by atoms with Crippen molar-refractivity contribution in [2.24, 2.45) is 0 Å². The summed E-state index contributed by atoms with van der Waals surface area (Å²) in [4.78, 5) is 85.2. The summed E-state index contributed by atoms with van der Waals surface area (Å²) in [6.07, 6.45) is 5.80. The Morgan fingerprint density at radius 2 is 1.57 bits per heavy atom. The Labute approximate surface area is 273 Å². The molecule has 2 aromatic carbocycles. The first-order valence-electron chi connectivity index (χ1n) is 15.2. The molecule has 1 aliphatic rings. The van der Waals surface area contributed by atoms with E-state index < -0.39 is 23.8 Å². The minimum absolute atomic E-state index is 0.0253. The lowest BCUT2D eigenvalue weighted by Gasteiger charge is -2.22. The molecular formula is C33H42N4O10. The fraction of sp³-hybridized carbons (Fsp3) is 0.424. The lowest BCUT2D eigenvalue weighted by Crippen LogP contribution is -2.37. The van der Waals surface area contributed by atoms with Gasteiger partial charge in [-0.3, -0.25) is 28.9 Å². The molecule has 4 N–H and O–H groups in total. The molecule has 0 bridgehead atoms. The van der Waals surface area contributed by atoms with Crippen molar-refractivity contribution in [2.45, 2.75) is 58.4 Å². The van der Waals surface area contributed by atoms with Crippen LogP contribution in [0.3, 0.4) is 0 Å². The zero-order chi connectivity index (χ0) is 35.3. The highest BCUT2D eigenvalue weighted by molar-refractivity contribution is 6.22. The zero-order valence-corrected chi connectivity index (χ0v) is 27.3. The Morgan fingerprint density at radius 3 is 2.15 bits per heavy atom. The number of amides is 4. The highest BCUT2D eigenvalue weighted by Crippen LogP contribution is 2.28. The number of carboxylic acid groups (broad SMARTS) is 2. The second-order valence-electron chi connectivity index (χ2n) is 11.1. The van der Waals surface area contributed by atoms with E-state index in [9.17, 15) is 38.7 Å². The van der Waals surface area contributed by atoms with Gasteiger partial charge in [-0.25, -0.2) is 9.59 Å². The number of hydrogen-bond acceptors (Lipinski definition) is 9. The maximum absolute atomic E-state index is 12.4.